The summed E-state index contributed by atoms with van der Waals surface area (Å²) in [7, 11) is 0. The van der Waals surface area contributed by atoms with Crippen molar-refractivity contribution in [2.45, 2.75) is 40.2 Å². The van der Waals surface area contributed by atoms with Crippen molar-refractivity contribution in [1.29, 1.82) is 0 Å². The minimum atomic E-state index is -0.228. The number of aromatic nitrogens is 2. The zero-order chi connectivity index (χ0) is 14.9. The van der Waals surface area contributed by atoms with E-state index < -0.39 is 0 Å². The molecule has 0 atom stereocenters. The minimum Gasteiger partial charge on any atom is -0.360 e. The van der Waals surface area contributed by atoms with Crippen LogP contribution in [0.4, 0.5) is 5.82 Å². The van der Waals surface area contributed by atoms with Gasteiger partial charge < -0.3 is 10.6 Å². The van der Waals surface area contributed by atoms with Crippen LogP contribution in [0, 0.1) is 13.8 Å². The number of nitrogens with zero attached hydrogens (tertiary/aromatic N) is 2. The van der Waals surface area contributed by atoms with E-state index in [9.17, 15) is 4.79 Å². The number of hydrogen-bond donors (Lipinski definition) is 2. The molecule has 0 saturated carbocycles. The maximum Gasteiger partial charge on any atom is 0.239 e. The van der Waals surface area contributed by atoms with Crippen LogP contribution in [-0.4, -0.2) is 28.0 Å². The summed E-state index contributed by atoms with van der Waals surface area (Å²) in [5.41, 5.74) is 0.943. The van der Waals surface area contributed by atoms with Gasteiger partial charge in [-0.05, 0) is 40.2 Å². The van der Waals surface area contributed by atoms with Crippen LogP contribution in [0.25, 0.3) is 10.2 Å². The highest BCUT2D eigenvalue weighted by Gasteiger charge is 2.15. The van der Waals surface area contributed by atoms with E-state index in [2.05, 4.69) is 34.4 Å². The first-order chi connectivity index (χ1) is 9.28. The zero-order valence-electron chi connectivity index (χ0n) is 12.5. The lowest BCUT2D eigenvalue weighted by Crippen LogP contribution is -2.43. The van der Waals surface area contributed by atoms with E-state index in [1.54, 1.807) is 11.3 Å². The minimum absolute atomic E-state index is 0.0473. The van der Waals surface area contributed by atoms with Crippen molar-refractivity contribution in [2.24, 2.45) is 0 Å². The summed E-state index contributed by atoms with van der Waals surface area (Å²) in [4.78, 5) is 22.6. The highest BCUT2D eigenvalue weighted by atomic mass is 32.1. The van der Waals surface area contributed by atoms with Gasteiger partial charge in [0, 0.05) is 10.4 Å². The zero-order valence-corrected chi connectivity index (χ0v) is 13.3. The number of anilines is 1. The molecule has 0 aliphatic carbocycles. The standard InChI is InChI=1S/C14H20N4OS/c1-8-9(2)20-13-11(8)12(16-7-17-13)15-6-10(19)18-14(3,4)5/h7H,6H2,1-5H3,(H,18,19)(H,15,16,17). The molecular weight excluding hydrogens is 272 g/mol. The van der Waals surface area contributed by atoms with Gasteiger partial charge in [0.25, 0.3) is 0 Å². The van der Waals surface area contributed by atoms with E-state index in [4.69, 9.17) is 0 Å². The molecule has 6 heteroatoms. The van der Waals surface area contributed by atoms with E-state index in [-0.39, 0.29) is 18.0 Å². The monoisotopic (exact) mass is 292 g/mol. The Labute approximate surface area is 122 Å². The van der Waals surface area contributed by atoms with Crippen LogP contribution in [0.1, 0.15) is 31.2 Å². The van der Waals surface area contributed by atoms with Gasteiger partial charge in [-0.25, -0.2) is 9.97 Å². The lowest BCUT2D eigenvalue weighted by atomic mass is 10.1. The predicted molar refractivity (Wildman–Crippen MR) is 83.3 cm³/mol. The van der Waals surface area contributed by atoms with Crippen molar-refractivity contribution in [2.75, 3.05) is 11.9 Å². The fourth-order valence-electron chi connectivity index (χ4n) is 1.94. The van der Waals surface area contributed by atoms with Crippen molar-refractivity contribution >= 4 is 33.3 Å². The molecule has 2 N–H and O–H groups in total. The highest BCUT2D eigenvalue weighted by molar-refractivity contribution is 7.18. The largest absolute Gasteiger partial charge is 0.360 e. The van der Waals surface area contributed by atoms with Gasteiger partial charge in [-0.2, -0.15) is 0 Å². The van der Waals surface area contributed by atoms with E-state index >= 15 is 0 Å². The van der Waals surface area contributed by atoms with E-state index in [1.165, 1.54) is 16.8 Å². The van der Waals surface area contributed by atoms with Gasteiger partial charge in [0.1, 0.15) is 17.0 Å². The Kier molecular flexibility index (Phi) is 3.94. The number of aryl methyl sites for hydroxylation is 2. The maximum atomic E-state index is 11.8. The number of rotatable bonds is 3. The van der Waals surface area contributed by atoms with Crippen molar-refractivity contribution < 1.29 is 4.79 Å². The lowest BCUT2D eigenvalue weighted by molar-refractivity contribution is -0.120. The number of fused-ring (bicyclic) bond motifs is 1. The molecule has 0 radical (unpaired) electrons. The fraction of sp³-hybridized carbons (Fsp3) is 0.500. The number of carbonyl (C=O) groups excluding carboxylic acids is 1. The molecule has 2 aromatic rings. The van der Waals surface area contributed by atoms with Gasteiger partial charge in [-0.15, -0.1) is 11.3 Å². The molecule has 2 aromatic heterocycles. The van der Waals surface area contributed by atoms with Gasteiger partial charge in [0.15, 0.2) is 0 Å². The molecule has 0 fully saturated rings. The van der Waals surface area contributed by atoms with Crippen molar-refractivity contribution in [3.8, 4) is 0 Å². The molecule has 0 aromatic carbocycles. The second kappa shape index (κ2) is 5.36. The summed E-state index contributed by atoms with van der Waals surface area (Å²) in [5, 5.41) is 7.04. The quantitative estimate of drug-likeness (QED) is 0.912. The molecule has 0 aliphatic rings. The van der Waals surface area contributed by atoms with Crippen LogP contribution in [0.3, 0.4) is 0 Å². The smallest absolute Gasteiger partial charge is 0.239 e. The average molecular weight is 292 g/mol. The molecule has 0 aliphatic heterocycles. The molecule has 5 nitrogen and oxygen atoms in total. The Bertz CT molecular complexity index is 642. The van der Waals surface area contributed by atoms with Crippen LogP contribution in [-0.2, 0) is 4.79 Å². The summed E-state index contributed by atoms with van der Waals surface area (Å²) in [6, 6.07) is 0. The first kappa shape index (κ1) is 14.7. The summed E-state index contributed by atoms with van der Waals surface area (Å²) < 4.78 is 0. The second-order valence-electron chi connectivity index (χ2n) is 5.84. The molecule has 1 amide bonds. The van der Waals surface area contributed by atoms with Crippen molar-refractivity contribution in [3.63, 3.8) is 0 Å². The normalized spacial score (nSPS) is 11.7. The Hall–Kier alpha value is -1.69. The van der Waals surface area contributed by atoms with Crippen LogP contribution >= 0.6 is 11.3 Å². The molecule has 0 unspecified atom stereocenters. The van der Waals surface area contributed by atoms with Gasteiger partial charge in [0.05, 0.1) is 11.9 Å². The maximum absolute atomic E-state index is 11.8. The molecule has 0 spiro atoms. The molecule has 2 heterocycles. The molecule has 2 rings (SSSR count). The number of thiophene rings is 1. The van der Waals surface area contributed by atoms with Gasteiger partial charge in [-0.1, -0.05) is 0 Å². The fourth-order valence-corrected chi connectivity index (χ4v) is 2.94. The first-order valence-electron chi connectivity index (χ1n) is 6.53. The van der Waals surface area contributed by atoms with Crippen LogP contribution < -0.4 is 10.6 Å². The van der Waals surface area contributed by atoms with Crippen molar-refractivity contribution in [3.05, 3.63) is 16.8 Å². The number of amides is 1. The number of carbonyl (C=O) groups is 1. The van der Waals surface area contributed by atoms with E-state index in [0.717, 1.165) is 16.0 Å². The summed E-state index contributed by atoms with van der Waals surface area (Å²) in [6.07, 6.45) is 1.53. The topological polar surface area (TPSA) is 66.9 Å². The summed E-state index contributed by atoms with van der Waals surface area (Å²) in [6.45, 7) is 10.2. The number of hydrogen-bond acceptors (Lipinski definition) is 5. The van der Waals surface area contributed by atoms with E-state index in [1.807, 2.05) is 20.8 Å². The Morgan fingerprint density at radius 1 is 1.30 bits per heavy atom. The SMILES string of the molecule is Cc1sc2ncnc(NCC(=O)NC(C)(C)C)c2c1C. The molecule has 0 saturated heterocycles. The summed E-state index contributed by atoms with van der Waals surface area (Å²) >= 11 is 1.65. The Morgan fingerprint density at radius 2 is 2.00 bits per heavy atom. The van der Waals surface area contributed by atoms with Gasteiger partial charge >= 0.3 is 0 Å². The average Bonchev–Trinajstić information content (AvgIpc) is 2.61. The summed E-state index contributed by atoms with van der Waals surface area (Å²) in [5.74, 6) is 0.676. The predicted octanol–water partition coefficient (Wildman–Crippen LogP) is 2.63. The van der Waals surface area contributed by atoms with Crippen LogP contribution in [0.15, 0.2) is 6.33 Å². The first-order valence-corrected chi connectivity index (χ1v) is 7.35. The Morgan fingerprint density at radius 3 is 2.65 bits per heavy atom. The number of nitrogens with one attached hydrogen (secondary N) is 2. The van der Waals surface area contributed by atoms with E-state index in [0.29, 0.717) is 0 Å². The lowest BCUT2D eigenvalue weighted by Gasteiger charge is -2.20. The highest BCUT2D eigenvalue weighted by Crippen LogP contribution is 2.32. The van der Waals surface area contributed by atoms with Crippen molar-refractivity contribution in [1.82, 2.24) is 15.3 Å². The molecule has 0 bridgehead atoms. The Balaban J connectivity index is 2.16. The van der Waals surface area contributed by atoms with Crippen LogP contribution in [0.2, 0.25) is 0 Å². The second-order valence-corrected chi connectivity index (χ2v) is 7.04. The molecule has 20 heavy (non-hydrogen) atoms. The molecule has 108 valence electrons. The van der Waals surface area contributed by atoms with Gasteiger partial charge in [0.2, 0.25) is 5.91 Å². The third kappa shape index (κ3) is 3.25. The molecular formula is C14H20N4OS. The van der Waals surface area contributed by atoms with Gasteiger partial charge in [-0.3, -0.25) is 4.79 Å². The third-order valence-electron chi connectivity index (χ3n) is 2.90. The third-order valence-corrected chi connectivity index (χ3v) is 4.01. The van der Waals surface area contributed by atoms with Crippen LogP contribution in [0.5, 0.6) is 0 Å².